The van der Waals surface area contributed by atoms with Gasteiger partial charge in [0.2, 0.25) is 11.8 Å². The lowest BCUT2D eigenvalue weighted by atomic mass is 9.80. The molecule has 13 heteroatoms. The summed E-state index contributed by atoms with van der Waals surface area (Å²) in [6.07, 6.45) is -3.05. The molecule has 49 heavy (non-hydrogen) atoms. The van der Waals surface area contributed by atoms with Crippen LogP contribution in [0.2, 0.25) is 0 Å². The highest BCUT2D eigenvalue weighted by molar-refractivity contribution is 5.87. The zero-order chi connectivity index (χ0) is 35.0. The maximum atomic E-state index is 13.1. The molecule has 4 aromatic rings. The molecule has 4 atom stereocenters. The van der Waals surface area contributed by atoms with Crippen molar-refractivity contribution in [3.63, 3.8) is 0 Å². The number of rotatable bonds is 14. The van der Waals surface area contributed by atoms with Gasteiger partial charge in [-0.05, 0) is 47.0 Å². The number of nitrogens with zero attached hydrogens (tertiary/aromatic N) is 2. The number of methoxy groups -OCH3 is 2. The van der Waals surface area contributed by atoms with Crippen LogP contribution in [0.1, 0.15) is 36.3 Å². The quantitative estimate of drug-likeness (QED) is 0.170. The number of hydrogen-bond donors (Lipinski definition) is 3. The number of aliphatic hydroxyl groups excluding tert-OH is 1. The van der Waals surface area contributed by atoms with E-state index in [4.69, 9.17) is 23.7 Å². The molecule has 1 aromatic heterocycles. The van der Waals surface area contributed by atoms with Crippen molar-refractivity contribution in [1.29, 1.82) is 0 Å². The van der Waals surface area contributed by atoms with Crippen LogP contribution in [-0.4, -0.2) is 79.3 Å². The number of aliphatic hydroxyl groups is 1. The van der Waals surface area contributed by atoms with Gasteiger partial charge in [0.1, 0.15) is 41.2 Å². The fraction of sp³-hybridized carbons (Fsp3) is 0.333. The number of carbonyl (C=O) groups is 2. The molecule has 2 heterocycles. The first kappa shape index (κ1) is 35.2. The van der Waals surface area contributed by atoms with E-state index in [1.807, 2.05) is 78.9 Å². The Kier molecular flexibility index (Phi) is 11.4. The molecule has 0 spiro atoms. The first-order valence-corrected chi connectivity index (χ1v) is 15.7. The minimum absolute atomic E-state index is 0.0221. The molecule has 2 amide bonds. The van der Waals surface area contributed by atoms with E-state index in [2.05, 4.69) is 15.6 Å². The van der Waals surface area contributed by atoms with Crippen LogP contribution in [-0.2, 0) is 29.4 Å². The molecule has 1 aliphatic rings. The number of ether oxygens (including phenoxy) is 5. The summed E-state index contributed by atoms with van der Waals surface area (Å²) in [7, 11) is 4.70. The highest BCUT2D eigenvalue weighted by Gasteiger charge is 2.48. The van der Waals surface area contributed by atoms with E-state index in [1.165, 1.54) is 30.8 Å². The summed E-state index contributed by atoms with van der Waals surface area (Å²) in [4.78, 5) is 40.5. The number of benzene rings is 3. The van der Waals surface area contributed by atoms with Gasteiger partial charge in [-0.15, -0.1) is 0 Å². The monoisotopic (exact) mass is 672 g/mol. The van der Waals surface area contributed by atoms with Gasteiger partial charge in [-0.25, -0.2) is 4.79 Å². The van der Waals surface area contributed by atoms with Gasteiger partial charge in [0, 0.05) is 26.6 Å². The average molecular weight is 673 g/mol. The maximum Gasteiger partial charge on any atom is 0.351 e. The highest BCUT2D eigenvalue weighted by Crippen LogP contribution is 2.43. The Morgan fingerprint density at radius 3 is 2.04 bits per heavy atom. The van der Waals surface area contributed by atoms with Crippen molar-refractivity contribution in [3.8, 4) is 11.5 Å². The molecule has 0 radical (unpaired) electrons. The molecule has 3 aromatic carbocycles. The summed E-state index contributed by atoms with van der Waals surface area (Å²) in [6, 6.07) is 26.1. The van der Waals surface area contributed by atoms with E-state index in [1.54, 1.807) is 14.2 Å². The Morgan fingerprint density at radius 1 is 0.918 bits per heavy atom. The molecule has 0 bridgehead atoms. The van der Waals surface area contributed by atoms with E-state index >= 15 is 0 Å². The van der Waals surface area contributed by atoms with Gasteiger partial charge < -0.3 is 39.4 Å². The van der Waals surface area contributed by atoms with Gasteiger partial charge in [0.15, 0.2) is 6.23 Å². The average Bonchev–Trinajstić information content (AvgIpc) is 3.43. The second-order valence-electron chi connectivity index (χ2n) is 11.3. The van der Waals surface area contributed by atoms with E-state index in [0.717, 1.165) is 16.7 Å². The van der Waals surface area contributed by atoms with Crippen LogP contribution in [0.4, 0.5) is 5.82 Å². The van der Waals surface area contributed by atoms with Crippen molar-refractivity contribution >= 4 is 17.6 Å². The lowest BCUT2D eigenvalue weighted by molar-refractivity contribution is -0.124. The molecule has 2 unspecified atom stereocenters. The first-order chi connectivity index (χ1) is 23.7. The third kappa shape index (κ3) is 7.81. The normalized spacial score (nSPS) is 18.9. The Bertz CT molecular complexity index is 1720. The molecular weight excluding hydrogens is 632 g/mol. The molecule has 13 nitrogen and oxygen atoms in total. The largest absolute Gasteiger partial charge is 0.497 e. The fourth-order valence-corrected chi connectivity index (χ4v) is 5.81. The molecule has 258 valence electrons. The third-order valence-electron chi connectivity index (χ3n) is 8.28. The summed E-state index contributed by atoms with van der Waals surface area (Å²) in [5.74, 6) is 0.752. The number of anilines is 1. The Labute approximate surface area is 283 Å². The van der Waals surface area contributed by atoms with E-state index in [0.29, 0.717) is 11.5 Å². The third-order valence-corrected chi connectivity index (χ3v) is 8.28. The topological polar surface area (TPSA) is 159 Å². The van der Waals surface area contributed by atoms with Crippen LogP contribution < -0.4 is 25.8 Å². The summed E-state index contributed by atoms with van der Waals surface area (Å²) in [5, 5.41) is 16.7. The Morgan fingerprint density at radius 2 is 1.51 bits per heavy atom. The summed E-state index contributed by atoms with van der Waals surface area (Å²) < 4.78 is 31.3. The first-order valence-electron chi connectivity index (χ1n) is 15.7. The van der Waals surface area contributed by atoms with Crippen molar-refractivity contribution in [2.45, 2.75) is 43.5 Å². The number of carbonyl (C=O) groups excluding carboxylic acids is 2. The van der Waals surface area contributed by atoms with Gasteiger partial charge in [0.25, 0.3) is 0 Å². The second kappa shape index (κ2) is 15.9. The lowest BCUT2D eigenvalue weighted by Crippen LogP contribution is -2.41. The lowest BCUT2D eigenvalue weighted by Gasteiger charge is -2.37. The predicted octanol–water partition coefficient (Wildman–Crippen LogP) is 3.01. The zero-order valence-corrected chi connectivity index (χ0v) is 27.7. The number of aromatic nitrogens is 2. The maximum absolute atomic E-state index is 13.1. The van der Waals surface area contributed by atoms with Crippen LogP contribution in [0.15, 0.2) is 95.9 Å². The Hall–Kier alpha value is -5.08. The molecule has 3 N–H and O–H groups in total. The van der Waals surface area contributed by atoms with Gasteiger partial charge in [-0.3, -0.25) is 14.2 Å². The van der Waals surface area contributed by atoms with Crippen LogP contribution in [0.5, 0.6) is 11.5 Å². The smallest absolute Gasteiger partial charge is 0.351 e. The molecule has 0 aliphatic carbocycles. The van der Waals surface area contributed by atoms with Gasteiger partial charge in [0.05, 0.1) is 27.4 Å². The van der Waals surface area contributed by atoms with Crippen LogP contribution in [0.3, 0.4) is 0 Å². The summed E-state index contributed by atoms with van der Waals surface area (Å²) in [6.45, 7) is 1.11. The van der Waals surface area contributed by atoms with Crippen molar-refractivity contribution in [3.05, 3.63) is 118 Å². The molecular formula is C36H40N4O9. The number of nitrogens with one attached hydrogen (secondary N) is 2. The molecule has 1 saturated heterocycles. The van der Waals surface area contributed by atoms with Crippen LogP contribution in [0, 0.1) is 0 Å². The second-order valence-corrected chi connectivity index (χ2v) is 11.3. The number of hydrogen-bond acceptors (Lipinski definition) is 10. The van der Waals surface area contributed by atoms with Crippen molar-refractivity contribution in [1.82, 2.24) is 14.9 Å². The Balaban J connectivity index is 1.53. The minimum Gasteiger partial charge on any atom is -0.497 e. The van der Waals surface area contributed by atoms with Gasteiger partial charge >= 0.3 is 5.69 Å². The van der Waals surface area contributed by atoms with Crippen LogP contribution in [0.25, 0.3) is 0 Å². The standard InChI is InChI=1S/C36H40N4O9/c1-23(41)38-30-18-20-40(35(44)39-30)34-33(47-21-19-31(42)37-2)32(43)29(49-34)22-48-36(24-8-6-5-7-9-24,25-10-14-27(45-3)15-11-25)26-12-16-28(46-4)17-13-26/h5-18,20,29,32-34,43H,19,21-22H2,1-4H3,(H,37,42)(H,38,39,41,44)/t29-,32?,33?,34-/m1/s1. The SMILES string of the molecule is CNC(=O)CCOC1C(O)[C@@H](COC(c2ccccc2)(c2ccc(OC)cc2)c2ccc(OC)cc2)O[C@H]1n1ccc(NC(C)=O)nc1=O. The predicted molar refractivity (Wildman–Crippen MR) is 179 cm³/mol. The molecule has 5 rings (SSSR count). The fourth-order valence-electron chi connectivity index (χ4n) is 5.81. The zero-order valence-electron chi connectivity index (χ0n) is 27.7. The molecule has 1 aliphatic heterocycles. The van der Waals surface area contributed by atoms with Gasteiger partial charge in [-0.2, -0.15) is 4.98 Å². The van der Waals surface area contributed by atoms with Gasteiger partial charge in [-0.1, -0.05) is 54.6 Å². The molecule has 0 saturated carbocycles. The summed E-state index contributed by atoms with van der Waals surface area (Å²) in [5.41, 5.74) is 0.429. The van der Waals surface area contributed by atoms with E-state index < -0.39 is 35.8 Å². The van der Waals surface area contributed by atoms with E-state index in [9.17, 15) is 19.5 Å². The van der Waals surface area contributed by atoms with Crippen molar-refractivity contribution in [2.75, 3.05) is 39.8 Å². The van der Waals surface area contributed by atoms with Crippen LogP contribution >= 0.6 is 0 Å². The van der Waals surface area contributed by atoms with E-state index in [-0.39, 0.29) is 37.3 Å². The summed E-state index contributed by atoms with van der Waals surface area (Å²) >= 11 is 0. The number of amides is 2. The highest BCUT2D eigenvalue weighted by atomic mass is 16.6. The van der Waals surface area contributed by atoms with Crippen molar-refractivity contribution < 1.29 is 38.4 Å². The minimum atomic E-state index is -1.28. The molecule has 1 fully saturated rings. The van der Waals surface area contributed by atoms with Crippen molar-refractivity contribution in [2.24, 2.45) is 0 Å².